The number of amides is 1. The van der Waals surface area contributed by atoms with E-state index in [1.54, 1.807) is 24.2 Å². The molecule has 1 atom stereocenters. The zero-order valence-electron chi connectivity index (χ0n) is 21.0. The molecule has 1 aromatic rings. The van der Waals surface area contributed by atoms with Crippen molar-refractivity contribution < 1.29 is 32.6 Å². The minimum absolute atomic E-state index is 0.00505. The number of nitrogens with zero attached hydrogens (tertiary/aromatic N) is 1. The number of aromatic carboxylic acids is 1. The van der Waals surface area contributed by atoms with Crippen molar-refractivity contribution in [2.45, 2.75) is 95.9 Å². The number of ether oxygens (including phenoxy) is 1. The first-order valence-electron chi connectivity index (χ1n) is 13.1. The molecule has 200 valence electrons. The van der Waals surface area contributed by atoms with Crippen molar-refractivity contribution in [2.75, 3.05) is 12.0 Å². The number of thiophene rings is 1. The zero-order valence-corrected chi connectivity index (χ0v) is 21.8. The van der Waals surface area contributed by atoms with Crippen molar-refractivity contribution in [2.24, 2.45) is 17.8 Å². The lowest BCUT2D eigenvalue weighted by atomic mass is 9.81. The molecule has 1 aromatic heterocycles. The molecule has 0 radical (unpaired) electrons. The standard InChI is InChI=1S/C27H36F3NO4S/c1-16-3-5-18(6-4-16)25(32)31(20-11-13-21(35-2)14-12-20)22-15-23(36-24(22)26(33)34)17-7-9-19(10-8-17)27(28,29)30/h7,15-16,18-21H,3-6,8-14H2,1-2H3,(H,33,34)/t16-,18-,19?,20-,21-. The second-order valence-electron chi connectivity index (χ2n) is 10.7. The van der Waals surface area contributed by atoms with Crippen LogP contribution < -0.4 is 4.90 Å². The minimum atomic E-state index is -4.23. The van der Waals surface area contributed by atoms with Gasteiger partial charge in [-0.25, -0.2) is 4.79 Å². The van der Waals surface area contributed by atoms with Crippen LogP contribution in [-0.2, 0) is 9.53 Å². The SMILES string of the molecule is CO[C@H]1CC[C@H](N(c2cc(C3=CCC(C(F)(F)F)CC3)sc2C(=O)O)C(=O)[C@H]2CC[C@H](C)CC2)CC1. The molecule has 1 unspecified atom stereocenters. The number of hydrogen-bond acceptors (Lipinski definition) is 4. The van der Waals surface area contributed by atoms with Gasteiger partial charge in [0.05, 0.1) is 17.7 Å². The van der Waals surface area contributed by atoms with Gasteiger partial charge in [-0.3, -0.25) is 4.79 Å². The van der Waals surface area contributed by atoms with Crippen LogP contribution in [0.1, 0.15) is 92.1 Å². The van der Waals surface area contributed by atoms with Crippen LogP contribution in [0, 0.1) is 17.8 Å². The van der Waals surface area contributed by atoms with Gasteiger partial charge in [-0.05, 0) is 88.2 Å². The molecule has 1 N–H and O–H groups in total. The third-order valence-corrected chi connectivity index (χ3v) is 9.49. The van der Waals surface area contributed by atoms with Gasteiger partial charge in [-0.2, -0.15) is 13.2 Å². The molecule has 2 fully saturated rings. The van der Waals surface area contributed by atoms with Gasteiger partial charge < -0.3 is 14.7 Å². The van der Waals surface area contributed by atoms with Crippen molar-refractivity contribution in [3.05, 3.63) is 21.9 Å². The number of carboxylic acid groups (broad SMARTS) is 1. The molecule has 0 bridgehead atoms. The van der Waals surface area contributed by atoms with E-state index in [0.717, 1.165) is 68.3 Å². The maximum absolute atomic E-state index is 13.9. The maximum Gasteiger partial charge on any atom is 0.392 e. The summed E-state index contributed by atoms with van der Waals surface area (Å²) < 4.78 is 44.9. The summed E-state index contributed by atoms with van der Waals surface area (Å²) in [6, 6.07) is 1.64. The molecule has 1 amide bonds. The summed E-state index contributed by atoms with van der Waals surface area (Å²) >= 11 is 1.08. The lowest BCUT2D eigenvalue weighted by molar-refractivity contribution is -0.175. The molecule has 1 heterocycles. The molecule has 36 heavy (non-hydrogen) atoms. The molecule has 3 aliphatic carbocycles. The van der Waals surface area contributed by atoms with Crippen molar-refractivity contribution in [3.63, 3.8) is 0 Å². The molecule has 5 nitrogen and oxygen atoms in total. The largest absolute Gasteiger partial charge is 0.477 e. The lowest BCUT2D eigenvalue weighted by Crippen LogP contribution is -2.47. The molecule has 9 heteroatoms. The first-order chi connectivity index (χ1) is 17.1. The maximum atomic E-state index is 13.9. The van der Waals surface area contributed by atoms with Gasteiger partial charge in [-0.1, -0.05) is 13.0 Å². The van der Waals surface area contributed by atoms with Gasteiger partial charge in [0.15, 0.2) is 0 Å². The van der Waals surface area contributed by atoms with Crippen LogP contribution >= 0.6 is 11.3 Å². The van der Waals surface area contributed by atoms with Gasteiger partial charge in [0.1, 0.15) is 4.88 Å². The molecule has 0 aliphatic heterocycles. The fourth-order valence-corrected chi connectivity index (χ4v) is 7.02. The van der Waals surface area contributed by atoms with E-state index in [0.29, 0.717) is 16.5 Å². The van der Waals surface area contributed by atoms with E-state index < -0.39 is 18.1 Å². The van der Waals surface area contributed by atoms with Gasteiger partial charge in [-0.15, -0.1) is 11.3 Å². The Hall–Kier alpha value is -1.87. The average Bonchev–Trinajstić information content (AvgIpc) is 3.30. The fraction of sp³-hybridized carbons (Fsp3) is 0.704. The van der Waals surface area contributed by atoms with Gasteiger partial charge in [0.2, 0.25) is 5.91 Å². The highest BCUT2D eigenvalue weighted by Gasteiger charge is 2.41. The lowest BCUT2D eigenvalue weighted by Gasteiger charge is -2.39. The van der Waals surface area contributed by atoms with E-state index in [9.17, 15) is 27.9 Å². The Morgan fingerprint density at radius 1 is 1.06 bits per heavy atom. The Labute approximate surface area is 214 Å². The first kappa shape index (κ1) is 27.2. The topological polar surface area (TPSA) is 66.8 Å². The van der Waals surface area contributed by atoms with Crippen LogP contribution in [0.5, 0.6) is 0 Å². The van der Waals surface area contributed by atoms with E-state index in [1.165, 1.54) is 0 Å². The van der Waals surface area contributed by atoms with Gasteiger partial charge in [0, 0.05) is 23.9 Å². The van der Waals surface area contributed by atoms with E-state index in [1.807, 2.05) is 0 Å². The van der Waals surface area contributed by atoms with Crippen LogP contribution in [0.15, 0.2) is 12.1 Å². The summed E-state index contributed by atoms with van der Waals surface area (Å²) in [5.41, 5.74) is 1.15. The summed E-state index contributed by atoms with van der Waals surface area (Å²) in [4.78, 5) is 28.7. The van der Waals surface area contributed by atoms with E-state index in [2.05, 4.69) is 6.92 Å². The van der Waals surface area contributed by atoms with Crippen molar-refractivity contribution in [1.82, 2.24) is 0 Å². The number of rotatable bonds is 6. The van der Waals surface area contributed by atoms with Crippen LogP contribution in [-0.4, -0.2) is 42.4 Å². The van der Waals surface area contributed by atoms with Crippen LogP contribution in [0.2, 0.25) is 0 Å². The quantitative estimate of drug-likeness (QED) is 0.421. The summed E-state index contributed by atoms with van der Waals surface area (Å²) in [6.07, 6.45) is 4.28. The second-order valence-corrected chi connectivity index (χ2v) is 11.8. The smallest absolute Gasteiger partial charge is 0.392 e. The highest BCUT2D eigenvalue weighted by atomic mass is 32.1. The number of methoxy groups -OCH3 is 1. The van der Waals surface area contributed by atoms with Crippen LogP contribution in [0.3, 0.4) is 0 Å². The first-order valence-corrected chi connectivity index (χ1v) is 13.9. The number of hydrogen-bond donors (Lipinski definition) is 1. The van der Waals surface area contributed by atoms with E-state index in [4.69, 9.17) is 4.74 Å². The third-order valence-electron chi connectivity index (χ3n) is 8.30. The number of carbonyl (C=O) groups excluding carboxylic acids is 1. The van der Waals surface area contributed by atoms with Crippen LogP contribution in [0.25, 0.3) is 5.57 Å². The number of carboxylic acids is 1. The fourth-order valence-electron chi connectivity index (χ4n) is 5.97. The molecule has 0 saturated heterocycles. The summed E-state index contributed by atoms with van der Waals surface area (Å²) in [5, 5.41) is 10.1. The zero-order chi connectivity index (χ0) is 26.0. The van der Waals surface area contributed by atoms with Gasteiger partial charge in [0.25, 0.3) is 0 Å². The van der Waals surface area contributed by atoms with Crippen molar-refractivity contribution in [1.29, 1.82) is 0 Å². The van der Waals surface area contributed by atoms with Gasteiger partial charge >= 0.3 is 12.1 Å². The Balaban J connectivity index is 1.66. The molecule has 2 saturated carbocycles. The van der Waals surface area contributed by atoms with Crippen molar-refractivity contribution in [3.8, 4) is 0 Å². The monoisotopic (exact) mass is 527 g/mol. The molecular weight excluding hydrogens is 491 g/mol. The van der Waals surface area contributed by atoms with Crippen molar-refractivity contribution >= 4 is 34.5 Å². The van der Waals surface area contributed by atoms with E-state index in [-0.39, 0.29) is 48.1 Å². The second kappa shape index (κ2) is 11.3. The highest BCUT2D eigenvalue weighted by molar-refractivity contribution is 7.15. The average molecular weight is 528 g/mol. The normalized spacial score (nSPS) is 29.5. The minimum Gasteiger partial charge on any atom is -0.477 e. The summed E-state index contributed by atoms with van der Waals surface area (Å²) in [5.74, 6) is -2.02. The number of alkyl halides is 3. The predicted molar refractivity (Wildman–Crippen MR) is 134 cm³/mol. The number of anilines is 1. The molecule has 3 aliphatic rings. The molecule has 4 rings (SSSR count). The molecular formula is C27H36F3NO4S. The predicted octanol–water partition coefficient (Wildman–Crippen LogP) is 7.31. The third kappa shape index (κ3) is 5.98. The Morgan fingerprint density at radius 3 is 2.25 bits per heavy atom. The van der Waals surface area contributed by atoms with E-state index >= 15 is 0 Å². The summed E-state index contributed by atoms with van der Waals surface area (Å²) in [7, 11) is 1.69. The summed E-state index contributed by atoms with van der Waals surface area (Å²) in [6.45, 7) is 2.19. The highest BCUT2D eigenvalue weighted by Crippen LogP contribution is 2.44. The number of halogens is 3. The molecule has 0 aromatic carbocycles. The Kier molecular flexibility index (Phi) is 8.49. The van der Waals surface area contributed by atoms with Crippen LogP contribution in [0.4, 0.5) is 18.9 Å². The Morgan fingerprint density at radius 2 is 1.72 bits per heavy atom. The Bertz CT molecular complexity index is 972. The molecule has 0 spiro atoms. The number of carbonyl (C=O) groups is 2. The number of allylic oxidation sites excluding steroid dienone is 2.